The van der Waals surface area contributed by atoms with Crippen molar-refractivity contribution in [2.75, 3.05) is 144 Å². The second-order valence-corrected chi connectivity index (χ2v) is 37.6. The molecule has 9 saturated heterocycles. The summed E-state index contributed by atoms with van der Waals surface area (Å²) in [6.07, 6.45) is -58.9. The van der Waals surface area contributed by atoms with E-state index < -0.39 is 301 Å². The summed E-state index contributed by atoms with van der Waals surface area (Å²) in [4.78, 5) is 26.6. The van der Waals surface area contributed by atoms with Gasteiger partial charge in [-0.15, -0.1) is 17.3 Å². The SMILES string of the molecule is COCC1O[C@@H](O[C@H]2C(OC)C(OC)[C@@H](O[C@H]3C(OC)C(OC)[C@@H](O[C@H]4C(COS(=O)(=O)O)O[C@@H](O)C(OC)[C@H]4OC)O[C@@H]3COC)O[C@@H]2COC)C(OC)[C@@H](OC)[C@H]1O[C@@H]1OC(CNC(=O)CCCCC2SCC3NC(=O)NC32)[C@H](O[C@H]2O[C@H](COS(=O)(=O)O)[C@@H](O[C@H]3O[C@H](COS(=O)(=O)O)[C@@H](OSOOO)C(OSOOO)C3OSOOO)C(OSOOO)C2OS(=O)(=O)O)[C@H](OC)C1OC. The molecule has 17 unspecified atom stereocenters. The van der Waals surface area contributed by atoms with Crippen molar-refractivity contribution in [3.8, 4) is 0 Å². The minimum atomic E-state index is -6.01. The number of hydrogen-bond donors (Lipinski definition) is 12. The van der Waals surface area contributed by atoms with Crippen LogP contribution < -0.4 is 16.0 Å². The number of nitrogens with one attached hydrogen (secondary N) is 3. The zero-order chi connectivity index (χ0) is 101. The summed E-state index contributed by atoms with van der Waals surface area (Å²) < 4.78 is 363. The summed E-state index contributed by atoms with van der Waals surface area (Å²) in [5, 5.41) is 70.6. The molecule has 9 fully saturated rings. The van der Waals surface area contributed by atoms with Crippen molar-refractivity contribution in [1.29, 1.82) is 0 Å². The summed E-state index contributed by atoms with van der Waals surface area (Å²) in [7, 11) is -5.73. The fraction of sp³-hybridized carbons (Fsp3) is 0.969. The lowest BCUT2D eigenvalue weighted by Gasteiger charge is -2.52. The number of ether oxygens (including phenoxy) is 26. The van der Waals surface area contributed by atoms with Crippen LogP contribution in [-0.4, -0.2) is 467 Å². The van der Waals surface area contributed by atoms with Crippen LogP contribution in [0.4, 0.5) is 4.79 Å². The molecule has 9 heterocycles. The molecule has 0 aromatic rings. The molecular weight excluding hydrogens is 2090 g/mol. The van der Waals surface area contributed by atoms with Crippen LogP contribution in [0.25, 0.3) is 0 Å². The van der Waals surface area contributed by atoms with Gasteiger partial charge in [0.2, 0.25) is 5.91 Å². The molecule has 3 amide bonds. The van der Waals surface area contributed by atoms with Crippen LogP contribution in [0.1, 0.15) is 25.7 Å². The Balaban J connectivity index is 1.04. The number of aliphatic hydroxyl groups excluding tert-OH is 1. The predicted molar refractivity (Wildman–Crippen MR) is 441 cm³/mol. The van der Waals surface area contributed by atoms with Gasteiger partial charge in [0.05, 0.1) is 51.7 Å². The molecule has 9 rings (SSSR count). The van der Waals surface area contributed by atoms with Crippen molar-refractivity contribution in [3.05, 3.63) is 0 Å². The van der Waals surface area contributed by atoms with Crippen LogP contribution in [0.2, 0.25) is 0 Å². The number of carbonyl (C=O) groups excluding carboxylic acids is 2. The van der Waals surface area contributed by atoms with E-state index in [0.717, 1.165) is 14.2 Å². The van der Waals surface area contributed by atoms with Gasteiger partial charge in [0.15, 0.2) is 106 Å². The average Bonchev–Trinajstić information content (AvgIpc) is 1.10. The Morgan fingerprint density at radius 2 is 0.674 bits per heavy atom. The Hall–Kier alpha value is -1.75. The molecule has 73 heteroatoms. The zero-order valence-corrected chi connectivity index (χ0v) is 82.2. The van der Waals surface area contributed by atoms with Crippen LogP contribution >= 0.6 is 61.1 Å². The molecule has 0 aromatic carbocycles. The third-order valence-corrected chi connectivity index (χ3v) is 27.4. The third kappa shape index (κ3) is 33.4. The largest absolute Gasteiger partial charge is 0.397 e. The molecular formula is C65H113N3O61S9. The summed E-state index contributed by atoms with van der Waals surface area (Å²) in [5.41, 5.74) is 0. The first-order chi connectivity index (χ1) is 65.9. The number of thioether (sulfide) groups is 1. The van der Waals surface area contributed by atoms with Gasteiger partial charge >= 0.3 is 47.6 Å². The van der Waals surface area contributed by atoms with Crippen molar-refractivity contribution in [2.24, 2.45) is 0 Å². The van der Waals surface area contributed by atoms with Gasteiger partial charge < -0.3 is 144 Å². The molecule has 0 radical (unpaired) electrons. The molecule has 38 atom stereocenters. The minimum absolute atomic E-state index is 0.00939. The van der Waals surface area contributed by atoms with Crippen molar-refractivity contribution >= 4 is 115 Å². The van der Waals surface area contributed by atoms with Gasteiger partial charge in [-0.1, -0.05) is 26.6 Å². The molecule has 808 valence electrons. The summed E-state index contributed by atoms with van der Waals surface area (Å²) in [6, 6.07) is -0.597. The van der Waals surface area contributed by atoms with Crippen LogP contribution in [0.3, 0.4) is 0 Å². The number of rotatable bonds is 62. The smallest absolute Gasteiger partial charge is 0.382 e. The number of carbonyl (C=O) groups is 2. The van der Waals surface area contributed by atoms with Crippen LogP contribution in [-0.2, 0) is 241 Å². The highest BCUT2D eigenvalue weighted by molar-refractivity contribution is 8.00. The normalized spacial score (nSPS) is 38.3. The Labute approximate surface area is 810 Å². The monoisotopic (exact) mass is 2200 g/mol. The Kier molecular flexibility index (Phi) is 50.7. The fourth-order valence-electron chi connectivity index (χ4n) is 16.8. The van der Waals surface area contributed by atoms with Gasteiger partial charge in [0.25, 0.3) is 0 Å². The quantitative estimate of drug-likeness (QED) is 0.00700. The van der Waals surface area contributed by atoms with E-state index in [4.69, 9.17) is 164 Å². The first-order valence-electron chi connectivity index (χ1n) is 40.6. The molecule has 0 aliphatic carbocycles. The van der Waals surface area contributed by atoms with E-state index in [9.17, 15) is 71.8 Å². The standard InChI is InChI=1S/C65H113N3O61S9/c1-88-19-28-38(46(93-6)53(98-11)60(106-28)113-39-29(20-89-2)107-61(54(99-12)47(39)94-7)114-40-30(21-90-3)108-62(55(100-13)48(40)95-8)115-41-31(22-101-135(76,77)78)104-58(70)51(96-9)44(41)91-4)112-59-52(97-10)45(92-5)37(27(105-59)18-66-35(69)17-15-14-16-34-36-26(25-130-34)67-65(71)68-36)111-64-57(121-138(85,86)87)49(118-132-127-123-73)42(32(109-64)23-102-136(79,80)81)116-63-56(120-134-129-125-75)50(119-133-128-124-74)43(117-131-126-122-72)33(110-63)24-103-137(82,83)84/h26-34,36-64,70,72-75H,14-25H2,1-13H3,(H,66,69)(H2,67,68,71)(H,76,77,78)(H,79,80,81)(H,82,83,84)(H,85,86,87)/t26?,27?,28?,29-,30-,31?,32-,33-,34?,36?,37+,38+,39-,40-,41+,42-,43-,44+,45+,46+,47?,48?,49?,50?,51?,52?,53?,54?,55?,56?,57?,58-,59+,60+,61-,62-,63-,64-/m1/s1. The first-order valence-corrected chi connectivity index (χ1v) is 49.7. The molecule has 12 N–H and O–H groups in total. The number of urea groups is 1. The minimum Gasteiger partial charge on any atom is -0.382 e. The Morgan fingerprint density at radius 1 is 0.370 bits per heavy atom. The van der Waals surface area contributed by atoms with E-state index >= 15 is 0 Å². The van der Waals surface area contributed by atoms with Crippen molar-refractivity contribution in [1.82, 2.24) is 16.0 Å². The van der Waals surface area contributed by atoms with Crippen LogP contribution in [0, 0.1) is 0 Å². The lowest BCUT2D eigenvalue weighted by Crippen LogP contribution is -2.69. The second kappa shape index (κ2) is 58.4. The van der Waals surface area contributed by atoms with Gasteiger partial charge in [-0.3, -0.25) is 39.7 Å². The van der Waals surface area contributed by atoms with E-state index in [2.05, 4.69) is 61.8 Å². The molecule has 0 spiro atoms. The van der Waals surface area contributed by atoms with E-state index in [1.165, 1.54) is 78.2 Å². The highest BCUT2D eigenvalue weighted by atomic mass is 32.3. The number of aliphatic hydroxyl groups is 1. The van der Waals surface area contributed by atoms with Crippen LogP contribution in [0.5, 0.6) is 0 Å². The van der Waals surface area contributed by atoms with Crippen molar-refractivity contribution in [2.45, 2.75) is 258 Å². The van der Waals surface area contributed by atoms with Gasteiger partial charge in [0, 0.05) is 116 Å². The van der Waals surface area contributed by atoms with Crippen molar-refractivity contribution < 1.29 is 282 Å². The summed E-state index contributed by atoms with van der Waals surface area (Å²) in [6.45, 7) is -5.45. The number of fused-ring (bicyclic) bond motifs is 1. The van der Waals surface area contributed by atoms with Gasteiger partial charge in [-0.25, -0.2) is 42.6 Å². The van der Waals surface area contributed by atoms with Gasteiger partial charge in [-0.2, -0.15) is 45.4 Å². The van der Waals surface area contributed by atoms with Gasteiger partial charge in [0.1, 0.15) is 159 Å². The number of methoxy groups -OCH3 is 13. The van der Waals surface area contributed by atoms with Crippen LogP contribution in [0.15, 0.2) is 0 Å². The van der Waals surface area contributed by atoms with E-state index in [0.29, 0.717) is 18.6 Å². The molecule has 9 aliphatic rings. The summed E-state index contributed by atoms with van der Waals surface area (Å²) >= 11 is 0.320. The topological polar surface area (TPSA) is 777 Å². The maximum Gasteiger partial charge on any atom is 0.397 e. The highest BCUT2D eigenvalue weighted by Crippen LogP contribution is 2.45. The predicted octanol–water partition coefficient (Wildman–Crippen LogP) is -3.58. The van der Waals surface area contributed by atoms with Gasteiger partial charge in [-0.05, 0) is 12.8 Å². The number of hydrogen-bond acceptors (Lipinski definition) is 62. The maximum atomic E-state index is 14.3. The van der Waals surface area contributed by atoms with Crippen molar-refractivity contribution in [3.63, 3.8) is 0 Å². The average molecular weight is 2200 g/mol. The third-order valence-electron chi connectivity index (χ3n) is 22.4. The fourth-order valence-corrected chi connectivity index (χ4v) is 21.2. The number of unbranched alkanes of at least 4 members (excludes halogenated alkanes) is 1. The van der Waals surface area contributed by atoms with E-state index in [-0.39, 0.29) is 93.0 Å². The van der Waals surface area contributed by atoms with E-state index in [1.54, 1.807) is 11.8 Å². The number of amides is 3. The lowest BCUT2D eigenvalue weighted by atomic mass is 9.94. The molecule has 138 heavy (non-hydrogen) atoms. The van der Waals surface area contributed by atoms with E-state index in [1.807, 2.05) is 0 Å². The Bertz CT molecular complexity index is 4030. The summed E-state index contributed by atoms with van der Waals surface area (Å²) in [5.74, 6) is 0.00718. The Morgan fingerprint density at radius 3 is 1.03 bits per heavy atom. The highest BCUT2D eigenvalue weighted by Gasteiger charge is 2.63. The molecule has 0 aromatic heterocycles. The molecule has 0 bridgehead atoms. The first kappa shape index (κ1) is 120. The molecule has 64 nitrogen and oxygen atoms in total. The molecule has 0 saturated carbocycles. The lowest BCUT2D eigenvalue weighted by molar-refractivity contribution is -0.437. The molecule has 9 aliphatic heterocycles. The maximum absolute atomic E-state index is 14.3. The zero-order valence-electron chi connectivity index (χ0n) is 74.9. The second-order valence-electron chi connectivity index (χ2n) is 30.2.